The van der Waals surface area contributed by atoms with Crippen LogP contribution in [0.15, 0.2) is 18.2 Å². The number of carbonyl (C=O) groups excluding carboxylic acids is 1. The zero-order valence-corrected chi connectivity index (χ0v) is 10.7. The normalized spacial score (nSPS) is 14.5. The minimum atomic E-state index is 0.0395. The van der Waals surface area contributed by atoms with Crippen molar-refractivity contribution in [2.24, 2.45) is 0 Å². The second-order valence-corrected chi connectivity index (χ2v) is 4.69. The molecule has 0 radical (unpaired) electrons. The molecule has 3 heteroatoms. The zero-order valence-electron chi connectivity index (χ0n) is 10.7. The molecule has 0 atom stereocenters. The van der Waals surface area contributed by atoms with E-state index in [-0.39, 0.29) is 5.91 Å². The minimum Gasteiger partial charge on any atom is -0.490 e. The van der Waals surface area contributed by atoms with E-state index in [9.17, 15) is 4.79 Å². The third kappa shape index (κ3) is 2.78. The molecule has 2 rings (SSSR count). The Bertz CT molecular complexity index is 422. The standard InChI is InChI=1S/C14H19NO2/c1-4-10-9-11(14(16)15(2)3)5-8-13(10)17-12-6-7-12/h5,8-9,12H,4,6-7H2,1-3H3. The summed E-state index contributed by atoms with van der Waals surface area (Å²) in [6.07, 6.45) is 3.59. The first-order valence-electron chi connectivity index (χ1n) is 6.13. The van der Waals surface area contributed by atoms with Gasteiger partial charge in [-0.2, -0.15) is 0 Å². The molecular weight excluding hydrogens is 214 g/mol. The molecule has 92 valence electrons. The number of aryl methyl sites for hydroxylation is 1. The van der Waals surface area contributed by atoms with Crippen LogP contribution in [-0.4, -0.2) is 31.0 Å². The summed E-state index contributed by atoms with van der Waals surface area (Å²) in [6, 6.07) is 5.72. The molecule has 1 amide bonds. The van der Waals surface area contributed by atoms with Crippen molar-refractivity contribution in [3.63, 3.8) is 0 Å². The summed E-state index contributed by atoms with van der Waals surface area (Å²) in [7, 11) is 3.53. The largest absolute Gasteiger partial charge is 0.490 e. The van der Waals surface area contributed by atoms with Crippen LogP contribution in [0.25, 0.3) is 0 Å². The van der Waals surface area contributed by atoms with Gasteiger partial charge < -0.3 is 9.64 Å². The summed E-state index contributed by atoms with van der Waals surface area (Å²) in [4.78, 5) is 13.4. The molecule has 0 saturated heterocycles. The summed E-state index contributed by atoms with van der Waals surface area (Å²) < 4.78 is 5.82. The monoisotopic (exact) mass is 233 g/mol. The zero-order chi connectivity index (χ0) is 12.4. The van der Waals surface area contributed by atoms with Crippen molar-refractivity contribution in [2.75, 3.05) is 14.1 Å². The second kappa shape index (κ2) is 4.78. The van der Waals surface area contributed by atoms with E-state index in [0.717, 1.165) is 36.1 Å². The highest BCUT2D eigenvalue weighted by Crippen LogP contribution is 2.30. The van der Waals surface area contributed by atoms with Crippen molar-refractivity contribution < 1.29 is 9.53 Å². The van der Waals surface area contributed by atoms with Crippen LogP contribution in [0, 0.1) is 0 Å². The molecular formula is C14H19NO2. The first kappa shape index (κ1) is 12.0. The van der Waals surface area contributed by atoms with Gasteiger partial charge in [0.05, 0.1) is 6.10 Å². The van der Waals surface area contributed by atoms with Gasteiger partial charge in [0.2, 0.25) is 0 Å². The van der Waals surface area contributed by atoms with E-state index in [1.807, 2.05) is 18.2 Å². The maximum atomic E-state index is 11.8. The molecule has 1 aliphatic rings. The Morgan fingerprint density at radius 3 is 2.65 bits per heavy atom. The first-order chi connectivity index (χ1) is 8.11. The van der Waals surface area contributed by atoms with Gasteiger partial charge in [0, 0.05) is 19.7 Å². The fourth-order valence-electron chi connectivity index (χ4n) is 1.73. The summed E-state index contributed by atoms with van der Waals surface area (Å²) in [6.45, 7) is 2.08. The van der Waals surface area contributed by atoms with Gasteiger partial charge in [0.1, 0.15) is 5.75 Å². The Morgan fingerprint density at radius 1 is 1.41 bits per heavy atom. The Balaban J connectivity index is 2.23. The van der Waals surface area contributed by atoms with Crippen LogP contribution in [0.3, 0.4) is 0 Å². The number of nitrogens with zero attached hydrogens (tertiary/aromatic N) is 1. The molecule has 17 heavy (non-hydrogen) atoms. The maximum absolute atomic E-state index is 11.8. The van der Waals surface area contributed by atoms with Crippen LogP contribution in [0.4, 0.5) is 0 Å². The predicted octanol–water partition coefficient (Wildman–Crippen LogP) is 2.49. The Labute approximate surface area is 102 Å². The average molecular weight is 233 g/mol. The lowest BCUT2D eigenvalue weighted by Gasteiger charge is -2.14. The number of amides is 1. The number of hydrogen-bond acceptors (Lipinski definition) is 2. The predicted molar refractivity (Wildman–Crippen MR) is 67.5 cm³/mol. The molecule has 1 aliphatic carbocycles. The highest BCUT2D eigenvalue weighted by atomic mass is 16.5. The van der Waals surface area contributed by atoms with Crippen LogP contribution < -0.4 is 4.74 Å². The van der Waals surface area contributed by atoms with E-state index in [2.05, 4.69) is 6.92 Å². The molecule has 3 nitrogen and oxygen atoms in total. The van der Waals surface area contributed by atoms with E-state index in [0.29, 0.717) is 6.10 Å². The van der Waals surface area contributed by atoms with Gasteiger partial charge in [-0.15, -0.1) is 0 Å². The quantitative estimate of drug-likeness (QED) is 0.799. The summed E-state index contributed by atoms with van der Waals surface area (Å²) >= 11 is 0. The SMILES string of the molecule is CCc1cc(C(=O)N(C)C)ccc1OC1CC1. The van der Waals surface area contributed by atoms with E-state index in [1.54, 1.807) is 19.0 Å². The topological polar surface area (TPSA) is 29.5 Å². The van der Waals surface area contributed by atoms with E-state index >= 15 is 0 Å². The molecule has 1 aromatic rings. The summed E-state index contributed by atoms with van der Waals surface area (Å²) in [5.74, 6) is 0.975. The van der Waals surface area contributed by atoms with Gasteiger partial charge in [-0.25, -0.2) is 0 Å². The number of ether oxygens (including phenoxy) is 1. The third-order valence-electron chi connectivity index (χ3n) is 2.91. The van der Waals surface area contributed by atoms with E-state index < -0.39 is 0 Å². The van der Waals surface area contributed by atoms with Crippen LogP contribution >= 0.6 is 0 Å². The highest BCUT2D eigenvalue weighted by molar-refractivity contribution is 5.94. The van der Waals surface area contributed by atoms with Crippen molar-refractivity contribution in [1.29, 1.82) is 0 Å². The molecule has 1 saturated carbocycles. The Morgan fingerprint density at radius 2 is 2.12 bits per heavy atom. The molecule has 0 aliphatic heterocycles. The smallest absolute Gasteiger partial charge is 0.253 e. The lowest BCUT2D eigenvalue weighted by molar-refractivity contribution is 0.0827. The number of rotatable bonds is 4. The van der Waals surface area contributed by atoms with Gasteiger partial charge >= 0.3 is 0 Å². The van der Waals surface area contributed by atoms with Crippen LogP contribution in [0.5, 0.6) is 5.75 Å². The van der Waals surface area contributed by atoms with Gasteiger partial charge in [0.25, 0.3) is 5.91 Å². The maximum Gasteiger partial charge on any atom is 0.253 e. The van der Waals surface area contributed by atoms with Crippen molar-refractivity contribution in [1.82, 2.24) is 4.90 Å². The first-order valence-corrected chi connectivity index (χ1v) is 6.13. The van der Waals surface area contributed by atoms with Crippen LogP contribution in [-0.2, 0) is 6.42 Å². The third-order valence-corrected chi connectivity index (χ3v) is 2.91. The van der Waals surface area contributed by atoms with Crippen LogP contribution in [0.2, 0.25) is 0 Å². The molecule has 1 aromatic carbocycles. The Hall–Kier alpha value is -1.51. The average Bonchev–Trinajstić information content (AvgIpc) is 3.12. The fourth-order valence-corrected chi connectivity index (χ4v) is 1.73. The summed E-state index contributed by atoms with van der Waals surface area (Å²) in [5, 5.41) is 0. The lowest BCUT2D eigenvalue weighted by atomic mass is 10.1. The molecule has 1 fully saturated rings. The molecule has 0 heterocycles. The molecule has 0 bridgehead atoms. The number of carbonyl (C=O) groups is 1. The molecule has 0 N–H and O–H groups in total. The van der Waals surface area contributed by atoms with E-state index in [1.165, 1.54) is 0 Å². The minimum absolute atomic E-state index is 0.0395. The summed E-state index contributed by atoms with van der Waals surface area (Å²) in [5.41, 5.74) is 1.85. The number of benzene rings is 1. The molecule has 0 spiro atoms. The van der Waals surface area contributed by atoms with Crippen molar-refractivity contribution in [2.45, 2.75) is 32.3 Å². The van der Waals surface area contributed by atoms with E-state index in [4.69, 9.17) is 4.74 Å². The van der Waals surface area contributed by atoms with Gasteiger partial charge in [-0.05, 0) is 43.0 Å². The fraction of sp³-hybridized carbons (Fsp3) is 0.500. The molecule has 0 aromatic heterocycles. The van der Waals surface area contributed by atoms with Crippen molar-refractivity contribution >= 4 is 5.91 Å². The van der Waals surface area contributed by atoms with Crippen molar-refractivity contribution in [3.05, 3.63) is 29.3 Å². The van der Waals surface area contributed by atoms with Gasteiger partial charge in [-0.1, -0.05) is 6.92 Å². The highest BCUT2D eigenvalue weighted by Gasteiger charge is 2.24. The Kier molecular flexibility index (Phi) is 3.36. The van der Waals surface area contributed by atoms with Crippen molar-refractivity contribution in [3.8, 4) is 5.75 Å². The molecule has 0 unspecified atom stereocenters. The van der Waals surface area contributed by atoms with Gasteiger partial charge in [0.15, 0.2) is 0 Å². The van der Waals surface area contributed by atoms with Crippen LogP contribution in [0.1, 0.15) is 35.7 Å². The lowest BCUT2D eigenvalue weighted by Crippen LogP contribution is -2.21. The number of hydrogen-bond donors (Lipinski definition) is 0. The van der Waals surface area contributed by atoms with Gasteiger partial charge in [-0.3, -0.25) is 4.79 Å². The second-order valence-electron chi connectivity index (χ2n) is 4.69.